The molecular formula is C18H16N4O2. The van der Waals surface area contributed by atoms with Crippen molar-refractivity contribution < 1.29 is 4.92 Å². The number of terminal acetylenes is 1. The average Bonchev–Trinajstić information content (AvgIpc) is 2.64. The molecule has 0 unspecified atom stereocenters. The first-order valence-corrected chi connectivity index (χ1v) is 7.64. The summed E-state index contributed by atoms with van der Waals surface area (Å²) >= 11 is 0. The van der Waals surface area contributed by atoms with Crippen LogP contribution in [0.25, 0.3) is 5.57 Å². The smallest absolute Gasteiger partial charge is 0.311 e. The Morgan fingerprint density at radius 1 is 1.25 bits per heavy atom. The van der Waals surface area contributed by atoms with Gasteiger partial charge in [0.2, 0.25) is 5.82 Å². The molecule has 1 aliphatic rings. The predicted molar refractivity (Wildman–Crippen MR) is 92.3 cm³/mol. The Kier molecular flexibility index (Phi) is 4.52. The Balaban J connectivity index is 1.83. The molecule has 0 saturated carbocycles. The van der Waals surface area contributed by atoms with Crippen LogP contribution in [0.3, 0.4) is 0 Å². The quantitative estimate of drug-likeness (QED) is 0.494. The van der Waals surface area contributed by atoms with Gasteiger partial charge in [-0.05, 0) is 25.0 Å². The van der Waals surface area contributed by atoms with Crippen LogP contribution in [0.5, 0.6) is 0 Å². The van der Waals surface area contributed by atoms with Crippen LogP contribution in [0.2, 0.25) is 0 Å². The molecule has 3 heterocycles. The van der Waals surface area contributed by atoms with Gasteiger partial charge >= 0.3 is 5.69 Å². The number of aromatic nitrogens is 2. The number of nitrogens with zero attached hydrogens (tertiary/aromatic N) is 4. The fourth-order valence-electron chi connectivity index (χ4n) is 2.91. The van der Waals surface area contributed by atoms with Gasteiger partial charge in [-0.25, -0.2) is 4.98 Å². The van der Waals surface area contributed by atoms with E-state index in [0.29, 0.717) is 18.9 Å². The highest BCUT2D eigenvalue weighted by Crippen LogP contribution is 2.31. The molecule has 1 fully saturated rings. The van der Waals surface area contributed by atoms with E-state index in [0.717, 1.165) is 24.0 Å². The Morgan fingerprint density at radius 3 is 2.62 bits per heavy atom. The molecule has 6 heteroatoms. The van der Waals surface area contributed by atoms with E-state index in [9.17, 15) is 10.1 Å². The summed E-state index contributed by atoms with van der Waals surface area (Å²) in [5, 5.41) is 11.2. The number of allylic oxidation sites excluding steroid dienone is 1. The van der Waals surface area contributed by atoms with Crippen LogP contribution in [0.1, 0.15) is 18.4 Å². The number of piperidine rings is 1. The van der Waals surface area contributed by atoms with Crippen LogP contribution in [0.15, 0.2) is 48.4 Å². The van der Waals surface area contributed by atoms with Gasteiger partial charge in [0.15, 0.2) is 0 Å². The van der Waals surface area contributed by atoms with E-state index in [-0.39, 0.29) is 5.69 Å². The summed E-state index contributed by atoms with van der Waals surface area (Å²) in [5.74, 6) is 3.19. The number of hydrogen-bond donors (Lipinski definition) is 0. The summed E-state index contributed by atoms with van der Waals surface area (Å²) in [6, 6.07) is 6.87. The second-order valence-electron chi connectivity index (χ2n) is 5.45. The molecule has 2 aromatic rings. The molecule has 0 atom stereocenters. The Bertz CT molecular complexity index is 814. The van der Waals surface area contributed by atoms with Crippen molar-refractivity contribution in [3.05, 3.63) is 64.1 Å². The normalized spacial score (nSPS) is 14.1. The zero-order valence-corrected chi connectivity index (χ0v) is 13.1. The van der Waals surface area contributed by atoms with E-state index in [4.69, 9.17) is 6.42 Å². The molecule has 1 saturated heterocycles. The van der Waals surface area contributed by atoms with Crippen molar-refractivity contribution in [2.24, 2.45) is 0 Å². The van der Waals surface area contributed by atoms with E-state index in [1.807, 2.05) is 17.0 Å². The monoisotopic (exact) mass is 320 g/mol. The van der Waals surface area contributed by atoms with E-state index in [1.165, 1.54) is 11.6 Å². The summed E-state index contributed by atoms with van der Waals surface area (Å²) in [5.41, 5.74) is 3.03. The molecule has 0 N–H and O–H groups in total. The highest BCUT2D eigenvalue weighted by atomic mass is 16.6. The number of nitro groups is 1. The first-order valence-electron chi connectivity index (χ1n) is 7.64. The van der Waals surface area contributed by atoms with Crippen molar-refractivity contribution in [1.82, 2.24) is 9.97 Å². The zero-order valence-electron chi connectivity index (χ0n) is 13.1. The molecule has 0 radical (unpaired) electrons. The van der Waals surface area contributed by atoms with Gasteiger partial charge in [-0.3, -0.25) is 15.1 Å². The van der Waals surface area contributed by atoms with Gasteiger partial charge in [0.05, 0.1) is 4.92 Å². The molecule has 0 amide bonds. The highest BCUT2D eigenvalue weighted by Gasteiger charge is 2.24. The predicted octanol–water partition coefficient (Wildman–Crippen LogP) is 3.07. The third-order valence-corrected chi connectivity index (χ3v) is 4.08. The molecule has 0 aromatic carbocycles. The summed E-state index contributed by atoms with van der Waals surface area (Å²) < 4.78 is 0. The zero-order chi connectivity index (χ0) is 16.9. The van der Waals surface area contributed by atoms with Crippen LogP contribution < -0.4 is 4.90 Å². The Hall–Kier alpha value is -3.20. The SMILES string of the molecule is C#CC(=C1CCN(c2ncccc2[N+](=O)[O-])CC1)c1cccnc1. The van der Waals surface area contributed by atoms with Crippen molar-refractivity contribution in [1.29, 1.82) is 0 Å². The fourth-order valence-corrected chi connectivity index (χ4v) is 2.91. The number of rotatable bonds is 3. The number of anilines is 1. The van der Waals surface area contributed by atoms with E-state index in [2.05, 4.69) is 15.9 Å². The minimum absolute atomic E-state index is 0.0364. The third kappa shape index (κ3) is 3.10. The van der Waals surface area contributed by atoms with Crippen LogP contribution in [0.4, 0.5) is 11.5 Å². The lowest BCUT2D eigenvalue weighted by molar-refractivity contribution is -0.384. The first kappa shape index (κ1) is 15.7. The highest BCUT2D eigenvalue weighted by molar-refractivity contribution is 5.80. The van der Waals surface area contributed by atoms with Gasteiger partial charge < -0.3 is 4.90 Å². The minimum Gasteiger partial charge on any atom is -0.350 e. The van der Waals surface area contributed by atoms with Crippen LogP contribution in [0, 0.1) is 22.5 Å². The van der Waals surface area contributed by atoms with Crippen molar-refractivity contribution in [2.75, 3.05) is 18.0 Å². The van der Waals surface area contributed by atoms with Crippen molar-refractivity contribution >= 4 is 17.1 Å². The topological polar surface area (TPSA) is 72.2 Å². The van der Waals surface area contributed by atoms with E-state index in [1.54, 1.807) is 24.7 Å². The van der Waals surface area contributed by atoms with E-state index >= 15 is 0 Å². The van der Waals surface area contributed by atoms with Gasteiger partial charge in [0.1, 0.15) is 0 Å². The molecule has 6 nitrogen and oxygen atoms in total. The molecule has 1 aliphatic heterocycles. The minimum atomic E-state index is -0.393. The molecule has 0 bridgehead atoms. The third-order valence-electron chi connectivity index (χ3n) is 4.08. The molecule has 24 heavy (non-hydrogen) atoms. The Morgan fingerprint density at radius 2 is 2.00 bits per heavy atom. The average molecular weight is 320 g/mol. The number of hydrogen-bond acceptors (Lipinski definition) is 5. The lowest BCUT2D eigenvalue weighted by Crippen LogP contribution is -2.32. The van der Waals surface area contributed by atoms with Crippen LogP contribution >= 0.6 is 0 Å². The molecule has 120 valence electrons. The molecule has 0 spiro atoms. The van der Waals surface area contributed by atoms with Gasteiger partial charge in [0, 0.05) is 48.9 Å². The largest absolute Gasteiger partial charge is 0.350 e. The van der Waals surface area contributed by atoms with Gasteiger partial charge in [-0.1, -0.05) is 17.6 Å². The summed E-state index contributed by atoms with van der Waals surface area (Å²) in [7, 11) is 0. The second kappa shape index (κ2) is 6.92. The first-order chi connectivity index (χ1) is 11.7. The lowest BCUT2D eigenvalue weighted by atomic mass is 9.94. The lowest BCUT2D eigenvalue weighted by Gasteiger charge is -2.29. The maximum Gasteiger partial charge on any atom is 0.311 e. The molecule has 3 rings (SSSR count). The number of pyridine rings is 2. The van der Waals surface area contributed by atoms with Crippen molar-refractivity contribution in [2.45, 2.75) is 12.8 Å². The van der Waals surface area contributed by atoms with Crippen molar-refractivity contribution in [3.63, 3.8) is 0 Å². The van der Waals surface area contributed by atoms with Gasteiger partial charge in [-0.15, -0.1) is 6.42 Å². The van der Waals surface area contributed by atoms with Gasteiger partial charge in [-0.2, -0.15) is 0 Å². The standard InChI is InChI=1S/C18H16N4O2/c1-2-16(15-5-3-9-19-13-15)14-7-11-21(12-8-14)18-17(22(23)24)6-4-10-20-18/h1,3-6,9-10,13H,7-8,11-12H2. The maximum atomic E-state index is 11.2. The summed E-state index contributed by atoms with van der Waals surface area (Å²) in [6.45, 7) is 1.30. The summed E-state index contributed by atoms with van der Waals surface area (Å²) in [6.07, 6.45) is 12.3. The van der Waals surface area contributed by atoms with Crippen LogP contribution in [-0.4, -0.2) is 28.0 Å². The summed E-state index contributed by atoms with van der Waals surface area (Å²) in [4.78, 5) is 21.0. The van der Waals surface area contributed by atoms with Crippen LogP contribution in [-0.2, 0) is 0 Å². The fraction of sp³-hybridized carbons (Fsp3) is 0.222. The molecule has 0 aliphatic carbocycles. The van der Waals surface area contributed by atoms with E-state index < -0.39 is 4.92 Å². The van der Waals surface area contributed by atoms with Crippen molar-refractivity contribution in [3.8, 4) is 12.3 Å². The Labute approximate surface area is 140 Å². The van der Waals surface area contributed by atoms with Gasteiger partial charge in [0.25, 0.3) is 0 Å². The maximum absolute atomic E-state index is 11.2. The molecule has 2 aromatic heterocycles. The molecular weight excluding hydrogens is 304 g/mol. The second-order valence-corrected chi connectivity index (χ2v) is 5.45.